The molecular weight excluding hydrogens is 302 g/mol. The second kappa shape index (κ2) is 16.5. The Bertz CT molecular complexity index is 388. The fourth-order valence-electron chi connectivity index (χ4n) is 2.24. The molecule has 0 aliphatic heterocycles. The van der Waals surface area contributed by atoms with Crippen molar-refractivity contribution in [2.75, 3.05) is 0 Å². The molecular formula is C20H35NO3. The van der Waals surface area contributed by atoms with Gasteiger partial charge in [-0.2, -0.15) is 0 Å². The van der Waals surface area contributed by atoms with Crippen molar-refractivity contribution in [3.05, 3.63) is 36.5 Å². The van der Waals surface area contributed by atoms with Crippen LogP contribution in [0.15, 0.2) is 36.5 Å². The number of aliphatic hydroxyl groups is 2. The number of allylic oxidation sites excluding steroid dienone is 4. The largest absolute Gasteiger partial charge is 0.393 e. The average molecular weight is 338 g/mol. The molecule has 0 saturated heterocycles. The van der Waals surface area contributed by atoms with E-state index in [1.54, 1.807) is 12.2 Å². The Kier molecular flexibility index (Phi) is 15.5. The quantitative estimate of drug-likeness (QED) is 0.241. The van der Waals surface area contributed by atoms with Crippen molar-refractivity contribution in [1.82, 2.24) is 0 Å². The lowest BCUT2D eigenvalue weighted by Gasteiger charge is -2.05. The number of carbonyl (C=O) groups is 1. The molecule has 0 bridgehead atoms. The first kappa shape index (κ1) is 22.6. The van der Waals surface area contributed by atoms with Gasteiger partial charge in [0.25, 0.3) is 0 Å². The highest BCUT2D eigenvalue weighted by atomic mass is 16.3. The van der Waals surface area contributed by atoms with Crippen molar-refractivity contribution in [2.45, 2.75) is 83.3 Å². The van der Waals surface area contributed by atoms with Crippen molar-refractivity contribution in [1.29, 1.82) is 0 Å². The van der Waals surface area contributed by atoms with E-state index in [4.69, 9.17) is 5.73 Å². The minimum atomic E-state index is -0.544. The molecule has 0 heterocycles. The zero-order chi connectivity index (χ0) is 18.0. The Morgan fingerprint density at radius 2 is 1.79 bits per heavy atom. The van der Waals surface area contributed by atoms with E-state index in [2.05, 4.69) is 19.1 Å². The number of amides is 1. The number of hydrogen-bond donors (Lipinski definition) is 3. The monoisotopic (exact) mass is 337 g/mol. The molecule has 0 aromatic heterocycles. The number of rotatable bonds is 15. The van der Waals surface area contributed by atoms with Crippen LogP contribution in [-0.4, -0.2) is 28.3 Å². The van der Waals surface area contributed by atoms with E-state index in [1.165, 1.54) is 19.3 Å². The second-order valence-electron chi connectivity index (χ2n) is 6.17. The van der Waals surface area contributed by atoms with E-state index >= 15 is 0 Å². The topological polar surface area (TPSA) is 83.6 Å². The molecule has 0 fully saturated rings. The van der Waals surface area contributed by atoms with E-state index < -0.39 is 6.10 Å². The SMILES string of the molecule is CCCCC/C=C\C[C@@H](O)CC/C=C/C=C\[C@@H](O)CCCC(N)=O. The summed E-state index contributed by atoms with van der Waals surface area (Å²) >= 11 is 0. The first-order valence-corrected chi connectivity index (χ1v) is 9.19. The van der Waals surface area contributed by atoms with Gasteiger partial charge in [0.2, 0.25) is 5.91 Å². The standard InChI is InChI=1S/C20H35NO3/c1-2-3-4-5-6-9-13-18(22)14-10-7-8-11-15-19(23)16-12-17-20(21)24/h6-9,11,15,18-19,22-23H,2-5,10,12-14,16-17H2,1H3,(H2,21,24)/b8-7+,9-6-,15-11-/t18-,19-/m1/s1. The average Bonchev–Trinajstić information content (AvgIpc) is 2.53. The fourth-order valence-corrected chi connectivity index (χ4v) is 2.24. The summed E-state index contributed by atoms with van der Waals surface area (Å²) < 4.78 is 0. The molecule has 0 aromatic carbocycles. The van der Waals surface area contributed by atoms with Gasteiger partial charge in [0.15, 0.2) is 0 Å². The van der Waals surface area contributed by atoms with Crippen molar-refractivity contribution in [3.63, 3.8) is 0 Å². The van der Waals surface area contributed by atoms with Crippen LogP contribution in [0.2, 0.25) is 0 Å². The van der Waals surface area contributed by atoms with Gasteiger partial charge in [-0.1, -0.05) is 56.2 Å². The van der Waals surface area contributed by atoms with Crippen molar-refractivity contribution in [2.24, 2.45) is 5.73 Å². The maximum atomic E-state index is 10.6. The Balaban J connectivity index is 3.65. The molecule has 0 unspecified atom stereocenters. The highest BCUT2D eigenvalue weighted by Crippen LogP contribution is 2.06. The predicted molar refractivity (Wildman–Crippen MR) is 100 cm³/mol. The van der Waals surface area contributed by atoms with Gasteiger partial charge in [0, 0.05) is 6.42 Å². The Labute approximate surface area is 147 Å². The summed E-state index contributed by atoms with van der Waals surface area (Å²) in [7, 11) is 0. The van der Waals surface area contributed by atoms with Crippen LogP contribution in [0.5, 0.6) is 0 Å². The molecule has 0 aliphatic carbocycles. The zero-order valence-electron chi connectivity index (χ0n) is 15.1. The number of aliphatic hydroxyl groups excluding tert-OH is 2. The van der Waals surface area contributed by atoms with Crippen LogP contribution in [0, 0.1) is 0 Å². The summed E-state index contributed by atoms with van der Waals surface area (Å²) in [5.41, 5.74) is 5.04. The van der Waals surface area contributed by atoms with Gasteiger partial charge in [0.05, 0.1) is 12.2 Å². The third-order valence-corrected chi connectivity index (χ3v) is 3.72. The van der Waals surface area contributed by atoms with Crippen LogP contribution in [0.4, 0.5) is 0 Å². The van der Waals surface area contributed by atoms with Gasteiger partial charge in [-0.3, -0.25) is 4.79 Å². The van der Waals surface area contributed by atoms with Crippen LogP contribution in [0.1, 0.15) is 71.1 Å². The van der Waals surface area contributed by atoms with Crippen molar-refractivity contribution in [3.8, 4) is 0 Å². The molecule has 4 N–H and O–H groups in total. The van der Waals surface area contributed by atoms with Gasteiger partial charge in [0.1, 0.15) is 0 Å². The smallest absolute Gasteiger partial charge is 0.217 e. The lowest BCUT2D eigenvalue weighted by molar-refractivity contribution is -0.118. The molecule has 0 radical (unpaired) electrons. The van der Waals surface area contributed by atoms with Crippen LogP contribution in [-0.2, 0) is 4.79 Å². The van der Waals surface area contributed by atoms with Gasteiger partial charge < -0.3 is 15.9 Å². The van der Waals surface area contributed by atoms with Crippen LogP contribution >= 0.6 is 0 Å². The fraction of sp³-hybridized carbons (Fsp3) is 0.650. The van der Waals surface area contributed by atoms with Crippen molar-refractivity contribution < 1.29 is 15.0 Å². The highest BCUT2D eigenvalue weighted by molar-refractivity contribution is 5.73. The summed E-state index contributed by atoms with van der Waals surface area (Å²) in [4.78, 5) is 10.6. The number of nitrogens with two attached hydrogens (primary N) is 1. The lowest BCUT2D eigenvalue weighted by Crippen LogP contribution is -2.11. The number of hydrogen-bond acceptors (Lipinski definition) is 3. The zero-order valence-corrected chi connectivity index (χ0v) is 15.1. The molecule has 4 heteroatoms. The van der Waals surface area contributed by atoms with Crippen LogP contribution in [0.3, 0.4) is 0 Å². The molecule has 0 spiro atoms. The summed E-state index contributed by atoms with van der Waals surface area (Å²) in [6, 6.07) is 0. The summed E-state index contributed by atoms with van der Waals surface area (Å²) in [6.07, 6.45) is 19.3. The molecule has 0 saturated carbocycles. The van der Waals surface area contributed by atoms with Gasteiger partial charge in [-0.15, -0.1) is 0 Å². The number of primary amides is 1. The van der Waals surface area contributed by atoms with E-state index in [1.807, 2.05) is 12.2 Å². The molecule has 24 heavy (non-hydrogen) atoms. The number of unbranched alkanes of at least 4 members (excludes halogenated alkanes) is 3. The maximum absolute atomic E-state index is 10.6. The van der Waals surface area contributed by atoms with Crippen molar-refractivity contribution >= 4 is 5.91 Å². The molecule has 1 amide bonds. The predicted octanol–water partition coefficient (Wildman–Crippen LogP) is 3.78. The molecule has 0 rings (SSSR count). The first-order valence-electron chi connectivity index (χ1n) is 9.19. The molecule has 2 atom stereocenters. The molecule has 4 nitrogen and oxygen atoms in total. The Morgan fingerprint density at radius 3 is 2.50 bits per heavy atom. The van der Waals surface area contributed by atoms with Crippen LogP contribution < -0.4 is 5.73 Å². The third-order valence-electron chi connectivity index (χ3n) is 3.72. The summed E-state index contributed by atoms with van der Waals surface area (Å²) in [5.74, 6) is -0.333. The van der Waals surface area contributed by atoms with Gasteiger partial charge in [-0.05, 0) is 44.9 Å². The summed E-state index contributed by atoms with van der Waals surface area (Å²) in [6.45, 7) is 2.20. The normalized spacial score (nSPS) is 14.8. The van der Waals surface area contributed by atoms with E-state index in [9.17, 15) is 15.0 Å². The Hall–Kier alpha value is -1.39. The molecule has 0 aliphatic rings. The third kappa shape index (κ3) is 17.0. The minimum absolute atomic E-state index is 0.291. The maximum Gasteiger partial charge on any atom is 0.217 e. The highest BCUT2D eigenvalue weighted by Gasteiger charge is 2.01. The molecule has 138 valence electrons. The summed E-state index contributed by atoms with van der Waals surface area (Å²) in [5, 5.41) is 19.5. The van der Waals surface area contributed by atoms with E-state index in [-0.39, 0.29) is 12.0 Å². The second-order valence-corrected chi connectivity index (χ2v) is 6.17. The van der Waals surface area contributed by atoms with Crippen LogP contribution in [0.25, 0.3) is 0 Å². The lowest BCUT2D eigenvalue weighted by atomic mass is 10.1. The van der Waals surface area contributed by atoms with E-state index in [0.717, 1.165) is 19.3 Å². The number of carbonyl (C=O) groups excluding carboxylic acids is 1. The minimum Gasteiger partial charge on any atom is -0.393 e. The first-order chi connectivity index (χ1) is 11.6. The van der Waals surface area contributed by atoms with E-state index in [0.29, 0.717) is 25.7 Å². The van der Waals surface area contributed by atoms with Gasteiger partial charge in [-0.25, -0.2) is 0 Å². The van der Waals surface area contributed by atoms with Gasteiger partial charge >= 0.3 is 0 Å². The Morgan fingerprint density at radius 1 is 1.00 bits per heavy atom. The molecule has 0 aromatic rings.